The van der Waals surface area contributed by atoms with Crippen molar-refractivity contribution in [2.24, 2.45) is 5.92 Å². The molecule has 0 N–H and O–H groups in total. The molecule has 6 heteroatoms. The number of ether oxygens (including phenoxy) is 1. The van der Waals surface area contributed by atoms with Gasteiger partial charge in [0.2, 0.25) is 0 Å². The fourth-order valence-corrected chi connectivity index (χ4v) is 3.54. The van der Waals surface area contributed by atoms with Crippen LogP contribution in [0.4, 0.5) is 4.39 Å². The highest BCUT2D eigenvalue weighted by Gasteiger charge is 2.21. The van der Waals surface area contributed by atoms with Gasteiger partial charge in [-0.25, -0.2) is 4.39 Å². The zero-order valence-corrected chi connectivity index (χ0v) is 13.5. The number of hydrogen-bond donors (Lipinski definition) is 0. The van der Waals surface area contributed by atoms with E-state index in [9.17, 15) is 4.39 Å². The lowest BCUT2D eigenvalue weighted by molar-refractivity contribution is 0.123. The Morgan fingerprint density at radius 3 is 3.00 bits per heavy atom. The molecule has 3 rings (SSSR count). The van der Waals surface area contributed by atoms with Gasteiger partial charge in [0.15, 0.2) is 11.6 Å². The number of nitrogens with zero attached hydrogens (tertiary/aromatic N) is 3. The first-order chi connectivity index (χ1) is 10.7. The molecule has 118 valence electrons. The summed E-state index contributed by atoms with van der Waals surface area (Å²) in [6, 6.07) is 6.58. The van der Waals surface area contributed by atoms with E-state index in [1.807, 2.05) is 6.92 Å². The standard InChI is InChI=1S/C16H20FN3OS/c1-12-18-19-16(22-12)10-20-8-4-5-13(9-20)11-21-15-7-3-2-6-14(15)17/h2-3,6-7,13H,4-5,8-11H2,1H3. The van der Waals surface area contributed by atoms with Crippen molar-refractivity contribution in [2.75, 3.05) is 19.7 Å². The Labute approximate surface area is 133 Å². The van der Waals surface area contributed by atoms with E-state index >= 15 is 0 Å². The molecule has 22 heavy (non-hydrogen) atoms. The highest BCUT2D eigenvalue weighted by molar-refractivity contribution is 7.11. The number of halogens is 1. The lowest BCUT2D eigenvalue weighted by Gasteiger charge is -2.31. The molecule has 1 unspecified atom stereocenters. The fourth-order valence-electron chi connectivity index (χ4n) is 2.79. The van der Waals surface area contributed by atoms with Gasteiger partial charge in [-0.1, -0.05) is 12.1 Å². The monoisotopic (exact) mass is 321 g/mol. The first kappa shape index (κ1) is 15.4. The highest BCUT2D eigenvalue weighted by Crippen LogP contribution is 2.22. The maximum atomic E-state index is 13.6. The van der Waals surface area contributed by atoms with Crippen LogP contribution < -0.4 is 4.74 Å². The first-order valence-electron chi connectivity index (χ1n) is 7.59. The number of rotatable bonds is 5. The van der Waals surface area contributed by atoms with Gasteiger partial charge in [0.1, 0.15) is 10.0 Å². The quantitative estimate of drug-likeness (QED) is 0.847. The molecule has 1 saturated heterocycles. The Bertz CT molecular complexity index is 619. The van der Waals surface area contributed by atoms with Gasteiger partial charge in [-0.05, 0) is 38.4 Å². The molecule has 1 aromatic heterocycles. The smallest absolute Gasteiger partial charge is 0.165 e. The summed E-state index contributed by atoms with van der Waals surface area (Å²) >= 11 is 1.65. The van der Waals surface area contributed by atoms with E-state index in [2.05, 4.69) is 15.1 Å². The van der Waals surface area contributed by atoms with Crippen molar-refractivity contribution in [1.29, 1.82) is 0 Å². The van der Waals surface area contributed by atoms with Crippen LogP contribution in [-0.2, 0) is 6.54 Å². The maximum absolute atomic E-state index is 13.6. The van der Waals surface area contributed by atoms with Gasteiger partial charge in [-0.3, -0.25) is 4.90 Å². The predicted molar refractivity (Wildman–Crippen MR) is 84.5 cm³/mol. The van der Waals surface area contributed by atoms with Gasteiger partial charge >= 0.3 is 0 Å². The molecule has 1 aliphatic heterocycles. The van der Waals surface area contributed by atoms with Crippen LogP contribution in [0.15, 0.2) is 24.3 Å². The molecule has 1 atom stereocenters. The number of piperidine rings is 1. The minimum Gasteiger partial charge on any atom is -0.490 e. The Morgan fingerprint density at radius 2 is 2.23 bits per heavy atom. The zero-order valence-electron chi connectivity index (χ0n) is 12.7. The SMILES string of the molecule is Cc1nnc(CN2CCCC(COc3ccccc3F)C2)s1. The second-order valence-corrected chi connectivity index (χ2v) is 6.97. The third-order valence-electron chi connectivity index (χ3n) is 3.84. The normalized spacial score (nSPS) is 19.3. The fraction of sp³-hybridized carbons (Fsp3) is 0.500. The molecular weight excluding hydrogens is 301 g/mol. The number of aryl methyl sites for hydroxylation is 1. The van der Waals surface area contributed by atoms with E-state index in [0.717, 1.165) is 42.5 Å². The number of hydrogen-bond acceptors (Lipinski definition) is 5. The summed E-state index contributed by atoms with van der Waals surface area (Å²) in [7, 11) is 0. The molecule has 4 nitrogen and oxygen atoms in total. The summed E-state index contributed by atoms with van der Waals surface area (Å²) in [4.78, 5) is 2.39. The van der Waals surface area contributed by atoms with Crippen molar-refractivity contribution in [3.63, 3.8) is 0 Å². The van der Waals surface area contributed by atoms with E-state index in [0.29, 0.717) is 18.3 Å². The molecule has 1 aromatic carbocycles. The third kappa shape index (κ3) is 4.01. The predicted octanol–water partition coefficient (Wildman–Crippen LogP) is 3.28. The van der Waals surface area contributed by atoms with Gasteiger partial charge in [-0.2, -0.15) is 0 Å². The van der Waals surface area contributed by atoms with Crippen LogP contribution in [0.1, 0.15) is 22.9 Å². The molecule has 0 amide bonds. The third-order valence-corrected chi connectivity index (χ3v) is 4.66. The second kappa shape index (κ2) is 7.15. The molecule has 1 aliphatic rings. The molecular formula is C16H20FN3OS. The molecule has 0 saturated carbocycles. The van der Waals surface area contributed by atoms with Gasteiger partial charge in [-0.15, -0.1) is 21.5 Å². The number of aromatic nitrogens is 2. The maximum Gasteiger partial charge on any atom is 0.165 e. The van der Waals surface area contributed by atoms with Crippen molar-refractivity contribution >= 4 is 11.3 Å². The topological polar surface area (TPSA) is 38.2 Å². The van der Waals surface area contributed by atoms with Gasteiger partial charge < -0.3 is 4.74 Å². The van der Waals surface area contributed by atoms with Crippen molar-refractivity contribution in [3.8, 4) is 5.75 Å². The van der Waals surface area contributed by atoms with Crippen LogP contribution >= 0.6 is 11.3 Å². The summed E-state index contributed by atoms with van der Waals surface area (Å²) in [6.45, 7) is 5.43. The lowest BCUT2D eigenvalue weighted by atomic mass is 9.99. The largest absolute Gasteiger partial charge is 0.490 e. The summed E-state index contributed by atoms with van der Waals surface area (Å²) < 4.78 is 19.2. The highest BCUT2D eigenvalue weighted by atomic mass is 32.1. The van der Waals surface area contributed by atoms with E-state index in [1.54, 1.807) is 29.5 Å². The minimum atomic E-state index is -0.292. The Kier molecular flexibility index (Phi) is 5.00. The number of benzene rings is 1. The summed E-state index contributed by atoms with van der Waals surface area (Å²) in [5.41, 5.74) is 0. The molecule has 2 aromatic rings. The average Bonchev–Trinajstić information content (AvgIpc) is 2.92. The van der Waals surface area contributed by atoms with Gasteiger partial charge in [0, 0.05) is 12.5 Å². The van der Waals surface area contributed by atoms with Gasteiger partial charge in [0.25, 0.3) is 0 Å². The van der Waals surface area contributed by atoms with Crippen molar-refractivity contribution in [3.05, 3.63) is 40.1 Å². The van der Waals surface area contributed by atoms with Crippen LogP contribution in [0.5, 0.6) is 5.75 Å². The number of para-hydroxylation sites is 1. The van der Waals surface area contributed by atoms with Crippen molar-refractivity contribution in [2.45, 2.75) is 26.3 Å². The van der Waals surface area contributed by atoms with E-state index in [1.165, 1.54) is 6.07 Å². The Morgan fingerprint density at radius 1 is 1.36 bits per heavy atom. The van der Waals surface area contributed by atoms with E-state index < -0.39 is 0 Å². The van der Waals surface area contributed by atoms with Crippen LogP contribution in [0.3, 0.4) is 0 Å². The van der Waals surface area contributed by atoms with Crippen LogP contribution in [0, 0.1) is 18.7 Å². The first-order valence-corrected chi connectivity index (χ1v) is 8.41. The summed E-state index contributed by atoms with van der Waals surface area (Å²) in [5, 5.41) is 10.3. The van der Waals surface area contributed by atoms with Crippen LogP contribution in [-0.4, -0.2) is 34.8 Å². The van der Waals surface area contributed by atoms with Gasteiger partial charge in [0.05, 0.1) is 13.2 Å². The molecule has 0 bridgehead atoms. The molecule has 0 radical (unpaired) electrons. The van der Waals surface area contributed by atoms with Crippen LogP contribution in [0.2, 0.25) is 0 Å². The minimum absolute atomic E-state index is 0.292. The summed E-state index contributed by atoms with van der Waals surface area (Å²) in [6.07, 6.45) is 2.27. The van der Waals surface area contributed by atoms with E-state index in [4.69, 9.17) is 4.74 Å². The van der Waals surface area contributed by atoms with Crippen LogP contribution in [0.25, 0.3) is 0 Å². The molecule has 1 fully saturated rings. The lowest BCUT2D eigenvalue weighted by Crippen LogP contribution is -2.37. The molecule has 0 aliphatic carbocycles. The summed E-state index contributed by atoms with van der Waals surface area (Å²) in [5.74, 6) is 0.487. The Balaban J connectivity index is 1.51. The molecule has 2 heterocycles. The second-order valence-electron chi connectivity index (χ2n) is 5.70. The number of likely N-dealkylation sites (tertiary alicyclic amines) is 1. The van der Waals surface area contributed by atoms with Crippen molar-refractivity contribution < 1.29 is 9.13 Å². The van der Waals surface area contributed by atoms with Crippen molar-refractivity contribution in [1.82, 2.24) is 15.1 Å². The van der Waals surface area contributed by atoms with E-state index in [-0.39, 0.29) is 5.82 Å². The average molecular weight is 321 g/mol. The Hall–Kier alpha value is -1.53. The zero-order chi connectivity index (χ0) is 15.4. The molecule has 0 spiro atoms.